The Balaban J connectivity index is 1.86. The molecule has 0 spiro atoms. The zero-order chi connectivity index (χ0) is 15.8. The summed E-state index contributed by atoms with van der Waals surface area (Å²) in [5.74, 6) is -0.627. The molecule has 2 aromatic carbocycles. The van der Waals surface area contributed by atoms with E-state index in [0.717, 1.165) is 0 Å². The average Bonchev–Trinajstić information content (AvgIpc) is 2.55. The molecule has 0 saturated heterocycles. The SMILES string of the molecule is N#Cc1ccccc1OCC(=O)N/N=C/c1ccccc1F. The van der Waals surface area contributed by atoms with Crippen molar-refractivity contribution in [3.05, 3.63) is 65.5 Å². The molecule has 0 aliphatic carbocycles. The van der Waals surface area contributed by atoms with E-state index in [4.69, 9.17) is 10.00 Å². The van der Waals surface area contributed by atoms with Gasteiger partial charge in [0.05, 0.1) is 11.8 Å². The Bertz CT molecular complexity index is 738. The van der Waals surface area contributed by atoms with Crippen molar-refractivity contribution in [2.45, 2.75) is 0 Å². The van der Waals surface area contributed by atoms with Gasteiger partial charge in [0.2, 0.25) is 0 Å². The molecule has 0 unspecified atom stereocenters. The highest BCUT2D eigenvalue weighted by Crippen LogP contribution is 2.16. The lowest BCUT2D eigenvalue weighted by Crippen LogP contribution is -2.24. The zero-order valence-corrected chi connectivity index (χ0v) is 11.5. The van der Waals surface area contributed by atoms with Crippen LogP contribution >= 0.6 is 0 Å². The predicted molar refractivity (Wildman–Crippen MR) is 78.8 cm³/mol. The van der Waals surface area contributed by atoms with Crippen molar-refractivity contribution in [3.8, 4) is 11.8 Å². The lowest BCUT2D eigenvalue weighted by Gasteiger charge is -2.06. The van der Waals surface area contributed by atoms with E-state index in [1.54, 1.807) is 36.4 Å². The normalized spacial score (nSPS) is 10.2. The van der Waals surface area contributed by atoms with Gasteiger partial charge in [0, 0.05) is 5.56 Å². The largest absolute Gasteiger partial charge is 0.482 e. The number of nitrogens with zero attached hydrogens (tertiary/aromatic N) is 2. The fourth-order valence-corrected chi connectivity index (χ4v) is 1.61. The summed E-state index contributed by atoms with van der Waals surface area (Å²) in [4.78, 5) is 11.6. The number of amides is 1. The molecule has 1 amide bonds. The highest BCUT2D eigenvalue weighted by molar-refractivity contribution is 5.83. The topological polar surface area (TPSA) is 74.5 Å². The first-order valence-electron chi connectivity index (χ1n) is 6.39. The van der Waals surface area contributed by atoms with Crippen molar-refractivity contribution in [2.75, 3.05) is 6.61 Å². The lowest BCUT2D eigenvalue weighted by atomic mass is 10.2. The van der Waals surface area contributed by atoms with Crippen molar-refractivity contribution >= 4 is 12.1 Å². The lowest BCUT2D eigenvalue weighted by molar-refractivity contribution is -0.123. The van der Waals surface area contributed by atoms with Crippen molar-refractivity contribution in [2.24, 2.45) is 5.10 Å². The molecule has 0 aliphatic rings. The minimum atomic E-state index is -0.514. The number of nitrogens with one attached hydrogen (secondary N) is 1. The monoisotopic (exact) mass is 297 g/mol. The first kappa shape index (κ1) is 15.2. The predicted octanol–water partition coefficient (Wildman–Crippen LogP) is 2.23. The van der Waals surface area contributed by atoms with Gasteiger partial charge in [-0.15, -0.1) is 0 Å². The van der Waals surface area contributed by atoms with Crippen LogP contribution in [0.3, 0.4) is 0 Å². The third-order valence-electron chi connectivity index (χ3n) is 2.66. The van der Waals surface area contributed by atoms with Gasteiger partial charge in [-0.1, -0.05) is 30.3 Å². The second-order valence-electron chi connectivity index (χ2n) is 4.21. The molecule has 0 radical (unpaired) electrons. The molecule has 2 rings (SSSR count). The quantitative estimate of drug-likeness (QED) is 0.679. The molecule has 2 aromatic rings. The Morgan fingerprint density at radius 3 is 2.77 bits per heavy atom. The maximum Gasteiger partial charge on any atom is 0.277 e. The molecular formula is C16H12FN3O2. The molecule has 0 bridgehead atoms. The summed E-state index contributed by atoms with van der Waals surface area (Å²) in [7, 11) is 0. The molecule has 0 aromatic heterocycles. The third kappa shape index (κ3) is 4.15. The number of ether oxygens (including phenoxy) is 1. The van der Waals surface area contributed by atoms with Crippen LogP contribution in [0, 0.1) is 17.1 Å². The van der Waals surface area contributed by atoms with Crippen LogP contribution in [0.15, 0.2) is 53.6 Å². The van der Waals surface area contributed by atoms with E-state index in [2.05, 4.69) is 10.5 Å². The van der Waals surface area contributed by atoms with Gasteiger partial charge in [-0.3, -0.25) is 4.79 Å². The van der Waals surface area contributed by atoms with E-state index in [9.17, 15) is 9.18 Å². The molecule has 0 heterocycles. The van der Waals surface area contributed by atoms with Gasteiger partial charge < -0.3 is 4.74 Å². The van der Waals surface area contributed by atoms with Gasteiger partial charge in [0.15, 0.2) is 6.61 Å². The van der Waals surface area contributed by atoms with Crippen LogP contribution in [0.1, 0.15) is 11.1 Å². The van der Waals surface area contributed by atoms with Gasteiger partial charge in [-0.25, -0.2) is 9.82 Å². The second kappa shape index (κ2) is 7.55. The standard InChI is InChI=1S/C16H12FN3O2/c17-14-7-3-1-6-13(14)10-19-20-16(21)11-22-15-8-4-2-5-12(15)9-18/h1-8,10H,11H2,(H,20,21)/b19-10+. The minimum absolute atomic E-state index is 0.263. The van der Waals surface area contributed by atoms with Crippen LogP contribution in [0.25, 0.3) is 0 Å². The molecule has 6 heteroatoms. The molecule has 5 nitrogen and oxygen atoms in total. The van der Waals surface area contributed by atoms with Crippen molar-refractivity contribution in [1.82, 2.24) is 5.43 Å². The van der Waals surface area contributed by atoms with Crippen LogP contribution in [-0.2, 0) is 4.79 Å². The number of nitriles is 1. The molecule has 110 valence electrons. The highest BCUT2D eigenvalue weighted by atomic mass is 19.1. The van der Waals surface area contributed by atoms with Gasteiger partial charge in [0.25, 0.3) is 5.91 Å². The summed E-state index contributed by atoms with van der Waals surface area (Å²) < 4.78 is 18.5. The summed E-state index contributed by atoms with van der Waals surface area (Å²) in [6.07, 6.45) is 1.20. The number of halogens is 1. The Kier molecular flexibility index (Phi) is 5.21. The van der Waals surface area contributed by atoms with Crippen LogP contribution in [0.4, 0.5) is 4.39 Å². The van der Waals surface area contributed by atoms with E-state index in [0.29, 0.717) is 11.3 Å². The molecule has 0 atom stereocenters. The maximum absolute atomic E-state index is 13.3. The Morgan fingerprint density at radius 2 is 2.00 bits per heavy atom. The molecule has 22 heavy (non-hydrogen) atoms. The molecule has 1 N–H and O–H groups in total. The fourth-order valence-electron chi connectivity index (χ4n) is 1.61. The number of hydrazone groups is 1. The number of benzene rings is 2. The van der Waals surface area contributed by atoms with Crippen molar-refractivity contribution in [1.29, 1.82) is 5.26 Å². The second-order valence-corrected chi connectivity index (χ2v) is 4.21. The Morgan fingerprint density at radius 1 is 1.27 bits per heavy atom. The average molecular weight is 297 g/mol. The van der Waals surface area contributed by atoms with Crippen LogP contribution in [-0.4, -0.2) is 18.7 Å². The van der Waals surface area contributed by atoms with E-state index in [-0.39, 0.29) is 12.2 Å². The fraction of sp³-hybridized carbons (Fsp3) is 0.0625. The zero-order valence-electron chi connectivity index (χ0n) is 11.5. The van der Waals surface area contributed by atoms with Gasteiger partial charge in [-0.2, -0.15) is 10.4 Å². The summed E-state index contributed by atoms with van der Waals surface area (Å²) in [5.41, 5.74) is 2.82. The number of rotatable bonds is 5. The van der Waals surface area contributed by atoms with Gasteiger partial charge in [-0.05, 0) is 18.2 Å². The van der Waals surface area contributed by atoms with Crippen LogP contribution < -0.4 is 10.2 Å². The van der Waals surface area contributed by atoms with Gasteiger partial charge in [0.1, 0.15) is 17.6 Å². The smallest absolute Gasteiger partial charge is 0.277 e. The van der Waals surface area contributed by atoms with Crippen LogP contribution in [0.2, 0.25) is 0 Å². The van der Waals surface area contributed by atoms with E-state index in [1.807, 2.05) is 6.07 Å². The third-order valence-corrected chi connectivity index (χ3v) is 2.66. The number of carbonyl (C=O) groups is 1. The van der Waals surface area contributed by atoms with E-state index >= 15 is 0 Å². The Hall–Kier alpha value is -3.20. The maximum atomic E-state index is 13.3. The molecule has 0 saturated carbocycles. The van der Waals surface area contributed by atoms with E-state index < -0.39 is 11.7 Å². The van der Waals surface area contributed by atoms with Gasteiger partial charge >= 0.3 is 0 Å². The number of hydrogen-bond acceptors (Lipinski definition) is 4. The number of hydrogen-bond donors (Lipinski definition) is 1. The summed E-state index contributed by atoms with van der Waals surface area (Å²) in [6, 6.07) is 14.6. The molecule has 0 fully saturated rings. The summed E-state index contributed by atoms with van der Waals surface area (Å²) >= 11 is 0. The van der Waals surface area contributed by atoms with Crippen molar-refractivity contribution < 1.29 is 13.9 Å². The van der Waals surface area contributed by atoms with Crippen molar-refractivity contribution in [3.63, 3.8) is 0 Å². The number of carbonyl (C=O) groups excluding carboxylic acids is 1. The summed E-state index contributed by atoms with van der Waals surface area (Å²) in [5, 5.41) is 12.5. The minimum Gasteiger partial charge on any atom is -0.482 e. The first-order valence-corrected chi connectivity index (χ1v) is 6.39. The number of para-hydroxylation sites is 1. The molecular weight excluding hydrogens is 285 g/mol. The Labute approximate surface area is 126 Å². The summed E-state index contributed by atoms with van der Waals surface area (Å²) in [6.45, 7) is -0.298. The van der Waals surface area contributed by atoms with E-state index in [1.165, 1.54) is 18.3 Å². The highest BCUT2D eigenvalue weighted by Gasteiger charge is 2.05. The van der Waals surface area contributed by atoms with Crippen LogP contribution in [0.5, 0.6) is 5.75 Å². The first-order chi connectivity index (χ1) is 10.7. The molecule has 0 aliphatic heterocycles.